The first-order chi connectivity index (χ1) is 12.0. The third-order valence-electron chi connectivity index (χ3n) is 4.01. The van der Waals surface area contributed by atoms with Gasteiger partial charge in [0.2, 0.25) is 5.91 Å². The summed E-state index contributed by atoms with van der Waals surface area (Å²) in [6.07, 6.45) is 2.37. The molecule has 0 aliphatic heterocycles. The summed E-state index contributed by atoms with van der Waals surface area (Å²) >= 11 is 0. The van der Waals surface area contributed by atoms with Crippen molar-refractivity contribution in [1.82, 2.24) is 14.3 Å². The molecule has 0 atom stereocenters. The van der Waals surface area contributed by atoms with Crippen molar-refractivity contribution in [2.24, 2.45) is 0 Å². The van der Waals surface area contributed by atoms with Gasteiger partial charge in [-0.25, -0.2) is 4.98 Å². The molecule has 0 aliphatic carbocycles. The minimum atomic E-state index is 0.0710. The van der Waals surface area contributed by atoms with Gasteiger partial charge in [-0.3, -0.25) is 4.79 Å². The van der Waals surface area contributed by atoms with E-state index < -0.39 is 0 Å². The fraction of sp³-hybridized carbons (Fsp3) is 0.333. The molecule has 4 nitrogen and oxygen atoms in total. The summed E-state index contributed by atoms with van der Waals surface area (Å²) in [6, 6.07) is 12.3. The maximum absolute atomic E-state index is 12.3. The maximum Gasteiger partial charge on any atom is 0.228 e. The number of carbonyl (C=O) groups is 1. The van der Waals surface area contributed by atoms with Crippen molar-refractivity contribution in [3.8, 4) is 11.3 Å². The molecule has 0 N–H and O–H groups in total. The molecular weight excluding hydrogens is 310 g/mol. The van der Waals surface area contributed by atoms with Gasteiger partial charge in [0.05, 0.1) is 17.8 Å². The highest BCUT2D eigenvalue weighted by molar-refractivity contribution is 5.81. The Morgan fingerprint density at radius 2 is 1.60 bits per heavy atom. The number of imidazole rings is 1. The summed E-state index contributed by atoms with van der Waals surface area (Å²) in [5, 5.41) is 0. The van der Waals surface area contributed by atoms with Crippen LogP contribution in [0.2, 0.25) is 0 Å². The first-order valence-electron chi connectivity index (χ1n) is 8.70. The Bertz CT molecular complexity index is 861. The van der Waals surface area contributed by atoms with Crippen LogP contribution in [0.4, 0.5) is 0 Å². The number of aryl methyl sites for hydroxylation is 2. The maximum atomic E-state index is 12.3. The van der Waals surface area contributed by atoms with E-state index in [1.54, 1.807) is 19.0 Å². The lowest BCUT2D eigenvalue weighted by Crippen LogP contribution is -2.24. The molecule has 3 rings (SSSR count). The average Bonchev–Trinajstić information content (AvgIpc) is 2.95. The SMILES string of the molecule is CC.Cc1ccc(-c2nc3ccc(C)cn3c2CC(=O)N(C)C)cc1. The Balaban J connectivity index is 0.00000109. The van der Waals surface area contributed by atoms with Gasteiger partial charge in [0.25, 0.3) is 0 Å². The normalized spacial score (nSPS) is 10.3. The van der Waals surface area contributed by atoms with Crippen molar-refractivity contribution in [2.75, 3.05) is 14.1 Å². The summed E-state index contributed by atoms with van der Waals surface area (Å²) in [4.78, 5) is 18.6. The summed E-state index contributed by atoms with van der Waals surface area (Å²) in [6.45, 7) is 8.11. The number of rotatable bonds is 3. The van der Waals surface area contributed by atoms with Gasteiger partial charge in [-0.1, -0.05) is 49.7 Å². The number of aromatic nitrogens is 2. The predicted octanol–water partition coefficient (Wildman–Crippen LogP) is 4.28. The Morgan fingerprint density at radius 1 is 1.00 bits per heavy atom. The summed E-state index contributed by atoms with van der Waals surface area (Å²) in [5.74, 6) is 0.0710. The predicted molar refractivity (Wildman–Crippen MR) is 104 cm³/mol. The molecule has 0 saturated heterocycles. The lowest BCUT2D eigenvalue weighted by Gasteiger charge is -2.11. The largest absolute Gasteiger partial charge is 0.348 e. The number of fused-ring (bicyclic) bond motifs is 1. The van der Waals surface area contributed by atoms with Gasteiger partial charge in [0.1, 0.15) is 5.65 Å². The molecule has 1 aromatic carbocycles. The third-order valence-corrected chi connectivity index (χ3v) is 4.01. The third kappa shape index (κ3) is 4.08. The number of hydrogen-bond acceptors (Lipinski definition) is 2. The standard InChI is InChI=1S/C19H21N3O.C2H6/c1-13-5-8-15(9-6-13)19-16(11-18(23)21(3)4)22-12-14(2)7-10-17(22)20-19;1-2/h5-10,12H,11H2,1-4H3;1-2H3. The van der Waals surface area contributed by atoms with Gasteiger partial charge < -0.3 is 9.30 Å². The van der Waals surface area contributed by atoms with E-state index in [-0.39, 0.29) is 5.91 Å². The fourth-order valence-corrected chi connectivity index (χ4v) is 2.61. The molecular formula is C21H27N3O. The molecule has 1 amide bonds. The molecule has 0 aliphatic rings. The van der Waals surface area contributed by atoms with E-state index in [9.17, 15) is 4.79 Å². The molecule has 0 spiro atoms. The molecule has 0 saturated carbocycles. The van der Waals surface area contributed by atoms with Gasteiger partial charge in [-0.05, 0) is 25.5 Å². The van der Waals surface area contributed by atoms with Crippen LogP contribution >= 0.6 is 0 Å². The summed E-state index contributed by atoms with van der Waals surface area (Å²) < 4.78 is 2.03. The average molecular weight is 337 g/mol. The van der Waals surface area contributed by atoms with Crippen LogP contribution in [0.1, 0.15) is 30.7 Å². The van der Waals surface area contributed by atoms with E-state index in [1.165, 1.54) is 5.56 Å². The zero-order chi connectivity index (χ0) is 18.6. The highest BCUT2D eigenvalue weighted by atomic mass is 16.2. The minimum absolute atomic E-state index is 0.0710. The lowest BCUT2D eigenvalue weighted by molar-refractivity contribution is -0.128. The van der Waals surface area contributed by atoms with Crippen LogP contribution in [-0.2, 0) is 11.2 Å². The Labute approximate surface area is 150 Å². The zero-order valence-corrected chi connectivity index (χ0v) is 16.0. The van der Waals surface area contributed by atoms with E-state index in [2.05, 4.69) is 31.2 Å². The zero-order valence-electron chi connectivity index (χ0n) is 16.0. The molecule has 2 heterocycles. The van der Waals surface area contributed by atoms with Crippen LogP contribution in [0, 0.1) is 13.8 Å². The van der Waals surface area contributed by atoms with Gasteiger partial charge in [0, 0.05) is 25.9 Å². The first-order valence-corrected chi connectivity index (χ1v) is 8.70. The Kier molecular flexibility index (Phi) is 5.97. The number of pyridine rings is 1. The highest BCUT2D eigenvalue weighted by Crippen LogP contribution is 2.26. The van der Waals surface area contributed by atoms with Gasteiger partial charge in [0.15, 0.2) is 0 Å². The quantitative estimate of drug-likeness (QED) is 0.715. The van der Waals surface area contributed by atoms with Crippen molar-refractivity contribution in [1.29, 1.82) is 0 Å². The molecule has 2 aromatic heterocycles. The van der Waals surface area contributed by atoms with E-state index in [0.29, 0.717) is 6.42 Å². The molecule has 0 bridgehead atoms. The van der Waals surface area contributed by atoms with Crippen molar-refractivity contribution < 1.29 is 4.79 Å². The molecule has 0 fully saturated rings. The molecule has 132 valence electrons. The van der Waals surface area contributed by atoms with Crippen LogP contribution in [0.25, 0.3) is 16.9 Å². The number of amides is 1. The second-order valence-corrected chi connectivity index (χ2v) is 6.17. The van der Waals surface area contributed by atoms with E-state index in [0.717, 1.165) is 28.2 Å². The molecule has 4 heteroatoms. The molecule has 3 aromatic rings. The van der Waals surface area contributed by atoms with Crippen molar-refractivity contribution in [2.45, 2.75) is 34.1 Å². The Morgan fingerprint density at radius 3 is 2.20 bits per heavy atom. The lowest BCUT2D eigenvalue weighted by atomic mass is 10.1. The molecule has 0 unspecified atom stereocenters. The van der Waals surface area contributed by atoms with Crippen LogP contribution in [0.3, 0.4) is 0 Å². The first kappa shape index (κ1) is 18.7. The van der Waals surface area contributed by atoms with Gasteiger partial charge >= 0.3 is 0 Å². The number of hydrogen-bond donors (Lipinski definition) is 0. The highest BCUT2D eigenvalue weighted by Gasteiger charge is 2.18. The molecule has 25 heavy (non-hydrogen) atoms. The number of likely N-dealkylation sites (N-methyl/N-ethyl adjacent to an activating group) is 1. The van der Waals surface area contributed by atoms with Crippen LogP contribution in [0.15, 0.2) is 42.6 Å². The second kappa shape index (κ2) is 7.97. The Hall–Kier alpha value is -2.62. The van der Waals surface area contributed by atoms with Crippen LogP contribution in [0.5, 0.6) is 0 Å². The fourth-order valence-electron chi connectivity index (χ4n) is 2.61. The topological polar surface area (TPSA) is 37.6 Å². The minimum Gasteiger partial charge on any atom is -0.348 e. The van der Waals surface area contributed by atoms with Crippen molar-refractivity contribution in [3.63, 3.8) is 0 Å². The van der Waals surface area contributed by atoms with E-state index >= 15 is 0 Å². The van der Waals surface area contributed by atoms with E-state index in [4.69, 9.17) is 4.98 Å². The van der Waals surface area contributed by atoms with Crippen LogP contribution < -0.4 is 0 Å². The van der Waals surface area contributed by atoms with E-state index in [1.807, 2.05) is 43.5 Å². The monoisotopic (exact) mass is 337 g/mol. The summed E-state index contributed by atoms with van der Waals surface area (Å²) in [7, 11) is 3.56. The number of benzene rings is 1. The smallest absolute Gasteiger partial charge is 0.228 e. The van der Waals surface area contributed by atoms with Crippen LogP contribution in [-0.4, -0.2) is 34.3 Å². The molecule has 0 radical (unpaired) electrons. The second-order valence-electron chi connectivity index (χ2n) is 6.17. The van der Waals surface area contributed by atoms with Crippen molar-refractivity contribution >= 4 is 11.6 Å². The van der Waals surface area contributed by atoms with Gasteiger partial charge in [-0.2, -0.15) is 0 Å². The number of nitrogens with zero attached hydrogens (tertiary/aromatic N) is 3. The summed E-state index contributed by atoms with van der Waals surface area (Å²) in [5.41, 5.74) is 6.08. The van der Waals surface area contributed by atoms with Crippen molar-refractivity contribution in [3.05, 3.63) is 59.4 Å². The van der Waals surface area contributed by atoms with Gasteiger partial charge in [-0.15, -0.1) is 0 Å². The number of carbonyl (C=O) groups excluding carboxylic acids is 1.